The van der Waals surface area contributed by atoms with Crippen LogP contribution in [0.2, 0.25) is 0 Å². The third-order valence-electron chi connectivity index (χ3n) is 4.72. The average molecular weight is 256 g/mol. The number of rotatable bonds is 10. The summed E-state index contributed by atoms with van der Waals surface area (Å²) < 4.78 is 0. The second-order valence-corrected chi connectivity index (χ2v) is 5.85. The molecule has 18 heavy (non-hydrogen) atoms. The van der Waals surface area contributed by atoms with Gasteiger partial charge in [0.1, 0.15) is 0 Å². The Labute approximate surface area is 116 Å². The van der Waals surface area contributed by atoms with Gasteiger partial charge in [0.05, 0.1) is 0 Å². The van der Waals surface area contributed by atoms with E-state index in [0.29, 0.717) is 6.04 Å². The maximum atomic E-state index is 3.59. The van der Waals surface area contributed by atoms with E-state index in [9.17, 15) is 0 Å². The van der Waals surface area contributed by atoms with Crippen LogP contribution in [0.5, 0.6) is 0 Å². The Kier molecular flexibility index (Phi) is 8.89. The Hall–Kier alpha value is -0.0800. The summed E-state index contributed by atoms with van der Waals surface area (Å²) in [5.41, 5.74) is 0.278. The Morgan fingerprint density at radius 2 is 1.67 bits per heavy atom. The fourth-order valence-corrected chi connectivity index (χ4v) is 3.33. The first kappa shape index (κ1) is 17.9. The Morgan fingerprint density at radius 1 is 1.11 bits per heavy atom. The average Bonchev–Trinajstić information content (AvgIpc) is 2.37. The molecular weight excluding hydrogens is 220 g/mol. The molecule has 0 saturated carbocycles. The first-order chi connectivity index (χ1) is 8.49. The zero-order valence-corrected chi connectivity index (χ0v) is 13.8. The summed E-state index contributed by atoms with van der Waals surface area (Å²) in [5, 5.41) is 3.59. The first-order valence-corrected chi connectivity index (χ1v) is 7.92. The molecule has 0 rings (SSSR count). The van der Waals surface area contributed by atoms with Gasteiger partial charge in [0.15, 0.2) is 0 Å². The third kappa shape index (κ3) is 4.55. The van der Waals surface area contributed by atoms with Gasteiger partial charge in [-0.15, -0.1) is 0 Å². The number of nitrogens with zero attached hydrogens (tertiary/aromatic N) is 1. The minimum atomic E-state index is 0.278. The molecule has 0 aromatic heterocycles. The summed E-state index contributed by atoms with van der Waals surface area (Å²) in [7, 11) is 2.13. The van der Waals surface area contributed by atoms with Crippen LogP contribution in [0.1, 0.15) is 67.2 Å². The van der Waals surface area contributed by atoms with E-state index in [0.717, 1.165) is 19.0 Å². The van der Waals surface area contributed by atoms with E-state index < -0.39 is 0 Å². The molecule has 0 fully saturated rings. The number of hydrogen-bond donors (Lipinski definition) is 1. The second-order valence-electron chi connectivity index (χ2n) is 5.85. The predicted octanol–water partition coefficient (Wildman–Crippen LogP) is 3.91. The zero-order valence-electron chi connectivity index (χ0n) is 13.8. The van der Waals surface area contributed by atoms with Gasteiger partial charge in [-0.2, -0.15) is 0 Å². The van der Waals surface area contributed by atoms with Crippen molar-refractivity contribution in [1.29, 1.82) is 0 Å². The molecule has 0 aliphatic heterocycles. The first-order valence-electron chi connectivity index (χ1n) is 7.92. The molecule has 0 aliphatic rings. The summed E-state index contributed by atoms with van der Waals surface area (Å²) in [4.78, 5) is 2.62. The highest BCUT2D eigenvalue weighted by Gasteiger charge is 2.36. The van der Waals surface area contributed by atoms with Crippen molar-refractivity contribution in [1.82, 2.24) is 10.2 Å². The van der Waals surface area contributed by atoms with Gasteiger partial charge in [0, 0.05) is 11.6 Å². The highest BCUT2D eigenvalue weighted by atomic mass is 15.2. The van der Waals surface area contributed by atoms with Crippen LogP contribution in [0, 0.1) is 5.92 Å². The fraction of sp³-hybridized carbons (Fsp3) is 1.00. The maximum Gasteiger partial charge on any atom is 0.0331 e. The van der Waals surface area contributed by atoms with Crippen LogP contribution in [0.25, 0.3) is 0 Å². The van der Waals surface area contributed by atoms with E-state index >= 15 is 0 Å². The topological polar surface area (TPSA) is 15.3 Å². The van der Waals surface area contributed by atoms with Crippen molar-refractivity contribution in [2.75, 3.05) is 20.1 Å². The van der Waals surface area contributed by atoms with Crippen LogP contribution in [-0.2, 0) is 0 Å². The maximum absolute atomic E-state index is 3.59. The van der Waals surface area contributed by atoms with Crippen molar-refractivity contribution in [2.45, 2.75) is 78.8 Å². The Morgan fingerprint density at radius 3 is 2.00 bits per heavy atom. The molecule has 0 aromatic carbocycles. The molecule has 0 heterocycles. The summed E-state index contributed by atoms with van der Waals surface area (Å²) in [5.74, 6) is 0.814. The van der Waals surface area contributed by atoms with Crippen molar-refractivity contribution in [3.63, 3.8) is 0 Å². The molecule has 0 radical (unpaired) electrons. The van der Waals surface area contributed by atoms with Gasteiger partial charge in [-0.3, -0.25) is 4.90 Å². The molecule has 2 nitrogen and oxygen atoms in total. The molecule has 0 aromatic rings. The van der Waals surface area contributed by atoms with Gasteiger partial charge in [-0.25, -0.2) is 0 Å². The highest BCUT2D eigenvalue weighted by Crippen LogP contribution is 2.28. The minimum Gasteiger partial charge on any atom is -0.315 e. The number of nitrogens with one attached hydrogen (secondary N) is 1. The van der Waals surface area contributed by atoms with Gasteiger partial charge < -0.3 is 5.32 Å². The van der Waals surface area contributed by atoms with Crippen LogP contribution in [0.15, 0.2) is 0 Å². The van der Waals surface area contributed by atoms with Crippen molar-refractivity contribution >= 4 is 0 Å². The van der Waals surface area contributed by atoms with E-state index in [2.05, 4.69) is 58.8 Å². The minimum absolute atomic E-state index is 0.278. The van der Waals surface area contributed by atoms with Crippen molar-refractivity contribution in [3.8, 4) is 0 Å². The predicted molar refractivity (Wildman–Crippen MR) is 83.2 cm³/mol. The summed E-state index contributed by atoms with van der Waals surface area (Å²) in [6.45, 7) is 16.3. The van der Waals surface area contributed by atoms with Gasteiger partial charge >= 0.3 is 0 Å². The molecule has 0 spiro atoms. The lowest BCUT2D eigenvalue weighted by Crippen LogP contribution is -2.59. The van der Waals surface area contributed by atoms with Crippen molar-refractivity contribution in [3.05, 3.63) is 0 Å². The van der Waals surface area contributed by atoms with Gasteiger partial charge in [-0.05, 0) is 45.8 Å². The van der Waals surface area contributed by atoms with Crippen LogP contribution in [0.3, 0.4) is 0 Å². The molecule has 0 saturated heterocycles. The number of hydrogen-bond acceptors (Lipinski definition) is 2. The normalized spacial score (nSPS) is 18.7. The Balaban J connectivity index is 4.83. The van der Waals surface area contributed by atoms with Gasteiger partial charge in [-0.1, -0.05) is 47.5 Å². The molecule has 0 bridgehead atoms. The van der Waals surface area contributed by atoms with Crippen LogP contribution >= 0.6 is 0 Å². The lowest BCUT2D eigenvalue weighted by atomic mass is 9.81. The fourth-order valence-electron chi connectivity index (χ4n) is 3.33. The van der Waals surface area contributed by atoms with Crippen molar-refractivity contribution < 1.29 is 0 Å². The molecular formula is C16H36N2. The van der Waals surface area contributed by atoms with Crippen LogP contribution in [-0.4, -0.2) is 36.6 Å². The highest BCUT2D eigenvalue weighted by molar-refractivity contribution is 4.95. The molecule has 0 aliphatic carbocycles. The molecule has 1 N–H and O–H groups in total. The van der Waals surface area contributed by atoms with E-state index in [1.54, 1.807) is 0 Å². The summed E-state index contributed by atoms with van der Waals surface area (Å²) >= 11 is 0. The smallest absolute Gasteiger partial charge is 0.0331 e. The van der Waals surface area contributed by atoms with E-state index in [1.165, 1.54) is 25.7 Å². The second kappa shape index (κ2) is 8.92. The third-order valence-corrected chi connectivity index (χ3v) is 4.72. The monoisotopic (exact) mass is 256 g/mol. The lowest BCUT2D eigenvalue weighted by Gasteiger charge is -2.46. The molecule has 3 unspecified atom stereocenters. The van der Waals surface area contributed by atoms with Crippen LogP contribution < -0.4 is 5.32 Å². The quantitative estimate of drug-likeness (QED) is 0.637. The van der Waals surface area contributed by atoms with E-state index in [4.69, 9.17) is 0 Å². The SMILES string of the molecule is CCCC(C)CC(NC)C(C)(CC)N(CC)CC. The molecule has 0 amide bonds. The molecule has 110 valence electrons. The Bertz CT molecular complexity index is 201. The summed E-state index contributed by atoms with van der Waals surface area (Å²) in [6.07, 6.45) is 5.13. The van der Waals surface area contributed by atoms with E-state index in [1.807, 2.05) is 0 Å². The van der Waals surface area contributed by atoms with Crippen molar-refractivity contribution in [2.24, 2.45) is 5.92 Å². The van der Waals surface area contributed by atoms with Gasteiger partial charge in [0.2, 0.25) is 0 Å². The number of likely N-dealkylation sites (N-methyl/N-ethyl adjacent to an activating group) is 2. The standard InChI is InChI=1S/C16H36N2/c1-8-12-14(5)13-15(17-7)16(6,9-2)18(10-3)11-4/h14-15,17H,8-13H2,1-7H3. The summed E-state index contributed by atoms with van der Waals surface area (Å²) in [6, 6.07) is 0.587. The van der Waals surface area contributed by atoms with E-state index in [-0.39, 0.29) is 5.54 Å². The van der Waals surface area contributed by atoms with Crippen LogP contribution in [0.4, 0.5) is 0 Å². The zero-order chi connectivity index (χ0) is 14.2. The lowest BCUT2D eigenvalue weighted by molar-refractivity contribution is 0.0633. The molecule has 2 heteroatoms. The largest absolute Gasteiger partial charge is 0.315 e. The van der Waals surface area contributed by atoms with Gasteiger partial charge in [0.25, 0.3) is 0 Å². The molecule has 3 atom stereocenters.